The minimum absolute atomic E-state index is 0.836. The molecule has 0 saturated carbocycles. The van der Waals surface area contributed by atoms with Crippen molar-refractivity contribution in [3.05, 3.63) is 307 Å². The summed E-state index contributed by atoms with van der Waals surface area (Å²) in [6.45, 7) is 0. The molecular weight excluding hydrogens is 975 g/mol. The number of hydrogen-bond acceptors (Lipinski definition) is 5. The molecule has 0 atom stereocenters. The number of para-hydroxylation sites is 9. The number of rotatable bonds is 7. The third-order valence-corrected chi connectivity index (χ3v) is 17.0. The Morgan fingerprint density at radius 2 is 0.637 bits per heavy atom. The highest BCUT2D eigenvalue weighted by atomic mass is 16.3. The van der Waals surface area contributed by atoms with E-state index in [1.165, 1.54) is 44.2 Å². The van der Waals surface area contributed by atoms with E-state index in [0.717, 1.165) is 106 Å². The molecule has 1 aliphatic carbocycles. The number of hydrogen-bond donors (Lipinski definition) is 0. The molecule has 0 N–H and O–H groups in total. The molecule has 5 heteroatoms. The van der Waals surface area contributed by atoms with E-state index < -0.39 is 5.41 Å². The Labute approximate surface area is 461 Å². The molecule has 0 saturated heterocycles. The Balaban J connectivity index is 1.05. The predicted octanol–water partition coefficient (Wildman–Crippen LogP) is 20.9. The Kier molecular flexibility index (Phi) is 9.56. The number of benzene rings is 13. The smallest absolute Gasteiger partial charge is 0.159 e. The summed E-state index contributed by atoms with van der Waals surface area (Å²) in [5, 5.41) is 8.92. The molecule has 2 aromatic heterocycles. The number of nitrogens with zero attached hydrogens (tertiary/aromatic N) is 3. The fourth-order valence-corrected chi connectivity index (χ4v) is 13.8. The van der Waals surface area contributed by atoms with Gasteiger partial charge in [0.05, 0.1) is 39.5 Å². The maximum Gasteiger partial charge on any atom is 0.159 e. The van der Waals surface area contributed by atoms with Crippen molar-refractivity contribution in [1.29, 1.82) is 0 Å². The van der Waals surface area contributed by atoms with Crippen LogP contribution in [-0.4, -0.2) is 0 Å². The van der Waals surface area contributed by atoms with Crippen molar-refractivity contribution < 1.29 is 8.83 Å². The van der Waals surface area contributed by atoms with Crippen LogP contribution in [0.2, 0.25) is 0 Å². The monoisotopic (exact) mass is 1020 g/mol. The van der Waals surface area contributed by atoms with Crippen LogP contribution in [0, 0.1) is 0 Å². The average molecular weight is 1020 g/mol. The van der Waals surface area contributed by atoms with E-state index in [4.69, 9.17) is 8.83 Å². The van der Waals surface area contributed by atoms with Gasteiger partial charge in [0.2, 0.25) is 0 Å². The highest BCUT2D eigenvalue weighted by Crippen LogP contribution is 2.67. The maximum absolute atomic E-state index is 6.96. The number of furan rings is 2. The van der Waals surface area contributed by atoms with Crippen molar-refractivity contribution >= 4 is 117 Å². The van der Waals surface area contributed by atoms with Gasteiger partial charge in [-0.15, -0.1) is 0 Å². The maximum atomic E-state index is 6.96. The lowest BCUT2D eigenvalue weighted by atomic mass is 9.64. The molecule has 0 amide bonds. The lowest BCUT2D eigenvalue weighted by Crippen LogP contribution is -2.36. The summed E-state index contributed by atoms with van der Waals surface area (Å²) < 4.78 is 13.9. The van der Waals surface area contributed by atoms with Gasteiger partial charge in [-0.2, -0.15) is 0 Å². The summed E-state index contributed by atoms with van der Waals surface area (Å²) in [5.74, 6) is 0. The minimum Gasteiger partial charge on any atom is -0.454 e. The van der Waals surface area contributed by atoms with E-state index in [2.05, 4.69) is 300 Å². The van der Waals surface area contributed by atoms with Gasteiger partial charge in [-0.05, 0) is 129 Å². The first-order chi connectivity index (χ1) is 39.7. The fourth-order valence-electron chi connectivity index (χ4n) is 13.8. The van der Waals surface area contributed by atoms with E-state index >= 15 is 0 Å². The van der Waals surface area contributed by atoms with Crippen LogP contribution in [0.5, 0.6) is 0 Å². The molecular formula is C75H47N3O2. The van der Waals surface area contributed by atoms with Crippen LogP contribution in [0.3, 0.4) is 0 Å². The van der Waals surface area contributed by atoms with Gasteiger partial charge in [0.25, 0.3) is 0 Å². The van der Waals surface area contributed by atoms with E-state index in [0.29, 0.717) is 0 Å². The summed E-state index contributed by atoms with van der Waals surface area (Å²) in [7, 11) is 0. The van der Waals surface area contributed by atoms with Gasteiger partial charge in [-0.3, -0.25) is 0 Å². The first-order valence-corrected chi connectivity index (χ1v) is 27.4. The number of anilines is 9. The second-order valence-corrected chi connectivity index (χ2v) is 21.0. The van der Waals surface area contributed by atoms with Gasteiger partial charge in [-0.25, -0.2) is 0 Å². The summed E-state index contributed by atoms with van der Waals surface area (Å²) in [4.78, 5) is 7.35. The van der Waals surface area contributed by atoms with Crippen LogP contribution in [-0.2, 0) is 5.41 Å². The van der Waals surface area contributed by atoms with Crippen LogP contribution in [0.25, 0.3) is 76.5 Å². The van der Waals surface area contributed by atoms with Crippen LogP contribution in [0.1, 0.15) is 22.3 Å². The van der Waals surface area contributed by atoms with Gasteiger partial charge in [0, 0.05) is 49.4 Å². The molecule has 0 bridgehead atoms. The zero-order valence-corrected chi connectivity index (χ0v) is 43.3. The van der Waals surface area contributed by atoms with Gasteiger partial charge in [0.1, 0.15) is 11.2 Å². The van der Waals surface area contributed by atoms with Gasteiger partial charge in [-0.1, -0.05) is 200 Å². The SMILES string of the molecule is c1ccc(N2c3ccccc3C3(c4ccccc42)c2cc(N(c4ccccc4)c4cccc5c4oc4ccccc45)c4ccccc4c2-c2c3cc(N(c3ccccc3)c3cccc4c3oc3ccccc34)c3ccccc23)cc1. The molecule has 13 aromatic carbocycles. The van der Waals surface area contributed by atoms with Crippen molar-refractivity contribution in [2.24, 2.45) is 0 Å². The van der Waals surface area contributed by atoms with E-state index in [1.807, 2.05) is 0 Å². The standard InChI is InChI=1S/C75H47N3O2/c1-4-24-48(25-5-1)76-63-40-18-16-38-59(63)75(60-39-17-19-41-64(60)76)61-46-67(77(49-26-6-2-7-27-49)65-42-22-36-57-53-32-14-20-44-69(53)79-73(57)65)51-30-10-12-34-55(51)71(61)72-56-35-13-11-31-52(56)68(47-62(72)75)78(50-28-8-3-9-29-50)66-43-23-37-58-54-33-15-21-45-70(54)80-74(58)66/h1-47H. The normalized spacial score (nSPS) is 13.1. The van der Waals surface area contributed by atoms with Crippen molar-refractivity contribution in [2.45, 2.75) is 5.41 Å². The highest BCUT2D eigenvalue weighted by Gasteiger charge is 2.53. The van der Waals surface area contributed by atoms with Gasteiger partial charge >= 0.3 is 0 Å². The Morgan fingerprint density at radius 3 is 1.10 bits per heavy atom. The Hall–Kier alpha value is -10.6. The molecule has 0 fully saturated rings. The molecule has 15 aromatic rings. The second-order valence-electron chi connectivity index (χ2n) is 21.0. The van der Waals surface area contributed by atoms with E-state index in [-0.39, 0.29) is 0 Å². The lowest BCUT2D eigenvalue weighted by Gasteiger charge is -2.45. The zero-order chi connectivity index (χ0) is 52.5. The molecule has 374 valence electrons. The van der Waals surface area contributed by atoms with Crippen molar-refractivity contribution in [3.8, 4) is 11.1 Å². The summed E-state index contributed by atoms with van der Waals surface area (Å²) in [6.07, 6.45) is 0. The van der Waals surface area contributed by atoms with Crippen molar-refractivity contribution in [3.63, 3.8) is 0 Å². The van der Waals surface area contributed by atoms with Crippen molar-refractivity contribution in [2.75, 3.05) is 14.7 Å². The highest BCUT2D eigenvalue weighted by molar-refractivity contribution is 6.21. The predicted molar refractivity (Wildman–Crippen MR) is 331 cm³/mol. The molecule has 1 aliphatic heterocycles. The molecule has 2 aliphatic rings. The molecule has 0 radical (unpaired) electrons. The Morgan fingerprint density at radius 1 is 0.275 bits per heavy atom. The van der Waals surface area contributed by atoms with Gasteiger partial charge < -0.3 is 23.5 Å². The number of fused-ring (bicyclic) bond motifs is 19. The lowest BCUT2D eigenvalue weighted by molar-refractivity contribution is 0.669. The van der Waals surface area contributed by atoms with Crippen LogP contribution >= 0.6 is 0 Å². The topological polar surface area (TPSA) is 36.0 Å². The summed E-state index contributed by atoms with van der Waals surface area (Å²) in [6, 6.07) is 104. The molecule has 0 unspecified atom stereocenters. The quantitative estimate of drug-likeness (QED) is 0.159. The molecule has 5 nitrogen and oxygen atoms in total. The molecule has 17 rings (SSSR count). The fraction of sp³-hybridized carbons (Fsp3) is 0.0133. The van der Waals surface area contributed by atoms with Crippen LogP contribution in [0.15, 0.2) is 294 Å². The summed E-state index contributed by atoms with van der Waals surface area (Å²) >= 11 is 0. The van der Waals surface area contributed by atoms with E-state index in [1.54, 1.807) is 0 Å². The van der Waals surface area contributed by atoms with Gasteiger partial charge in [0.15, 0.2) is 11.2 Å². The second kappa shape index (κ2) is 17.2. The van der Waals surface area contributed by atoms with E-state index in [9.17, 15) is 0 Å². The molecule has 3 heterocycles. The van der Waals surface area contributed by atoms with Crippen LogP contribution in [0.4, 0.5) is 51.2 Å². The zero-order valence-electron chi connectivity index (χ0n) is 43.3. The molecule has 1 spiro atoms. The third-order valence-electron chi connectivity index (χ3n) is 17.0. The Bertz CT molecular complexity index is 4690. The molecule has 80 heavy (non-hydrogen) atoms. The minimum atomic E-state index is -0.873. The van der Waals surface area contributed by atoms with Crippen LogP contribution < -0.4 is 14.7 Å². The third kappa shape index (κ3) is 6.17. The first kappa shape index (κ1) is 44.5. The van der Waals surface area contributed by atoms with Crippen molar-refractivity contribution in [1.82, 2.24) is 0 Å². The largest absolute Gasteiger partial charge is 0.454 e. The average Bonchev–Trinajstić information content (AvgIpc) is 4.14. The first-order valence-electron chi connectivity index (χ1n) is 27.4. The summed E-state index contributed by atoms with van der Waals surface area (Å²) in [5.41, 5.74) is 19.2.